The second-order valence-electron chi connectivity index (χ2n) is 4.32. The van der Waals surface area contributed by atoms with Gasteiger partial charge in [-0.2, -0.15) is 0 Å². The third kappa shape index (κ3) is 5.97. The number of rotatable bonds is 6. The summed E-state index contributed by atoms with van der Waals surface area (Å²) in [4.78, 5) is 13.0. The van der Waals surface area contributed by atoms with E-state index in [0.717, 1.165) is 6.54 Å². The standard InChI is InChI=1S/C11H24N2O/c1-6-9(2)8-12-10(3)7-11(14)13(4)5/h9-10,12H,6-8H2,1-5H3. The maximum absolute atomic E-state index is 11.4. The Hall–Kier alpha value is -0.570. The average molecular weight is 200 g/mol. The van der Waals surface area contributed by atoms with Crippen molar-refractivity contribution >= 4 is 5.91 Å². The van der Waals surface area contributed by atoms with Gasteiger partial charge < -0.3 is 10.2 Å². The van der Waals surface area contributed by atoms with Crippen LogP contribution in [0.3, 0.4) is 0 Å². The van der Waals surface area contributed by atoms with Crippen molar-refractivity contribution in [3.63, 3.8) is 0 Å². The van der Waals surface area contributed by atoms with Crippen LogP contribution in [0.4, 0.5) is 0 Å². The van der Waals surface area contributed by atoms with Crippen LogP contribution in [0.5, 0.6) is 0 Å². The maximum Gasteiger partial charge on any atom is 0.223 e. The average Bonchev–Trinajstić information content (AvgIpc) is 2.13. The van der Waals surface area contributed by atoms with Crippen molar-refractivity contribution in [1.82, 2.24) is 10.2 Å². The van der Waals surface area contributed by atoms with Crippen LogP contribution in [0.2, 0.25) is 0 Å². The van der Waals surface area contributed by atoms with E-state index < -0.39 is 0 Å². The van der Waals surface area contributed by atoms with Gasteiger partial charge in [-0.25, -0.2) is 0 Å². The molecular formula is C11H24N2O. The zero-order valence-electron chi connectivity index (χ0n) is 10.1. The Kier molecular flexibility index (Phi) is 6.54. The summed E-state index contributed by atoms with van der Waals surface area (Å²) in [6.45, 7) is 7.46. The van der Waals surface area contributed by atoms with Gasteiger partial charge in [0.15, 0.2) is 0 Å². The molecular weight excluding hydrogens is 176 g/mol. The highest BCUT2D eigenvalue weighted by molar-refractivity contribution is 5.76. The number of carbonyl (C=O) groups is 1. The zero-order valence-corrected chi connectivity index (χ0v) is 10.1. The minimum Gasteiger partial charge on any atom is -0.349 e. The highest BCUT2D eigenvalue weighted by Gasteiger charge is 2.10. The summed E-state index contributed by atoms with van der Waals surface area (Å²) < 4.78 is 0. The second-order valence-corrected chi connectivity index (χ2v) is 4.32. The molecule has 0 fully saturated rings. The Morgan fingerprint density at radius 3 is 2.36 bits per heavy atom. The van der Waals surface area contributed by atoms with Gasteiger partial charge in [-0.1, -0.05) is 20.3 Å². The summed E-state index contributed by atoms with van der Waals surface area (Å²) in [6.07, 6.45) is 1.77. The van der Waals surface area contributed by atoms with E-state index in [4.69, 9.17) is 0 Å². The molecule has 0 aliphatic carbocycles. The second kappa shape index (κ2) is 6.82. The Morgan fingerprint density at radius 1 is 1.36 bits per heavy atom. The summed E-state index contributed by atoms with van der Waals surface area (Å²) in [5.74, 6) is 0.876. The number of hydrogen-bond acceptors (Lipinski definition) is 2. The SMILES string of the molecule is CCC(C)CNC(C)CC(=O)N(C)C. The first-order chi connectivity index (χ1) is 6.47. The lowest BCUT2D eigenvalue weighted by atomic mass is 10.1. The van der Waals surface area contributed by atoms with Crippen LogP contribution in [0.15, 0.2) is 0 Å². The molecule has 0 saturated heterocycles. The molecule has 2 unspecified atom stereocenters. The van der Waals surface area contributed by atoms with Gasteiger partial charge in [0, 0.05) is 26.6 Å². The number of carbonyl (C=O) groups excluding carboxylic acids is 1. The van der Waals surface area contributed by atoms with E-state index in [0.29, 0.717) is 12.3 Å². The summed E-state index contributed by atoms with van der Waals surface area (Å²) in [7, 11) is 3.59. The van der Waals surface area contributed by atoms with Gasteiger partial charge in [0.1, 0.15) is 0 Å². The number of hydrogen-bond donors (Lipinski definition) is 1. The molecule has 0 aromatic rings. The number of nitrogens with zero attached hydrogens (tertiary/aromatic N) is 1. The third-order valence-corrected chi connectivity index (χ3v) is 2.49. The van der Waals surface area contributed by atoms with Crippen LogP contribution in [-0.2, 0) is 4.79 Å². The molecule has 1 amide bonds. The van der Waals surface area contributed by atoms with Crippen molar-refractivity contribution < 1.29 is 4.79 Å². The van der Waals surface area contributed by atoms with Gasteiger partial charge in [-0.15, -0.1) is 0 Å². The van der Waals surface area contributed by atoms with E-state index >= 15 is 0 Å². The normalized spacial score (nSPS) is 14.9. The van der Waals surface area contributed by atoms with Gasteiger partial charge in [0.2, 0.25) is 5.91 Å². The van der Waals surface area contributed by atoms with Gasteiger partial charge in [0.05, 0.1) is 0 Å². The molecule has 1 N–H and O–H groups in total. The van der Waals surface area contributed by atoms with Crippen molar-refractivity contribution in [3.05, 3.63) is 0 Å². The molecule has 14 heavy (non-hydrogen) atoms. The van der Waals surface area contributed by atoms with Crippen LogP contribution in [0, 0.1) is 5.92 Å². The molecule has 0 rings (SSSR count). The maximum atomic E-state index is 11.4. The predicted octanol–water partition coefficient (Wildman–Crippen LogP) is 1.49. The molecule has 0 aromatic heterocycles. The number of nitrogens with one attached hydrogen (secondary N) is 1. The fourth-order valence-electron chi connectivity index (χ4n) is 1.06. The van der Waals surface area contributed by atoms with Gasteiger partial charge in [0.25, 0.3) is 0 Å². The zero-order chi connectivity index (χ0) is 11.1. The van der Waals surface area contributed by atoms with Crippen LogP contribution in [-0.4, -0.2) is 37.5 Å². The van der Waals surface area contributed by atoms with Gasteiger partial charge in [-0.3, -0.25) is 4.79 Å². The Bertz CT molecular complexity index is 169. The lowest BCUT2D eigenvalue weighted by molar-refractivity contribution is -0.129. The molecule has 0 bridgehead atoms. The lowest BCUT2D eigenvalue weighted by Gasteiger charge is -2.18. The van der Waals surface area contributed by atoms with Crippen LogP contribution >= 0.6 is 0 Å². The highest BCUT2D eigenvalue weighted by Crippen LogP contribution is 2.00. The Labute approximate surface area is 87.9 Å². The Morgan fingerprint density at radius 2 is 1.93 bits per heavy atom. The van der Waals surface area contributed by atoms with Crippen LogP contribution in [0.25, 0.3) is 0 Å². The lowest BCUT2D eigenvalue weighted by Crippen LogP contribution is -2.35. The predicted molar refractivity (Wildman–Crippen MR) is 60.2 cm³/mol. The van der Waals surface area contributed by atoms with E-state index in [9.17, 15) is 4.79 Å². The van der Waals surface area contributed by atoms with E-state index in [2.05, 4.69) is 26.1 Å². The van der Waals surface area contributed by atoms with Crippen molar-refractivity contribution in [2.24, 2.45) is 5.92 Å². The molecule has 3 heteroatoms. The molecule has 0 aliphatic heterocycles. The van der Waals surface area contributed by atoms with E-state index in [1.54, 1.807) is 19.0 Å². The van der Waals surface area contributed by atoms with Gasteiger partial charge >= 0.3 is 0 Å². The van der Waals surface area contributed by atoms with E-state index in [1.165, 1.54) is 6.42 Å². The van der Waals surface area contributed by atoms with Crippen molar-refractivity contribution in [2.45, 2.75) is 39.7 Å². The summed E-state index contributed by atoms with van der Waals surface area (Å²) >= 11 is 0. The van der Waals surface area contributed by atoms with Crippen molar-refractivity contribution in [2.75, 3.05) is 20.6 Å². The monoisotopic (exact) mass is 200 g/mol. The first-order valence-electron chi connectivity index (χ1n) is 5.40. The molecule has 0 saturated carbocycles. The molecule has 0 aromatic carbocycles. The fourth-order valence-corrected chi connectivity index (χ4v) is 1.06. The molecule has 2 atom stereocenters. The number of amides is 1. The van der Waals surface area contributed by atoms with Crippen molar-refractivity contribution in [1.29, 1.82) is 0 Å². The molecule has 0 spiro atoms. The highest BCUT2D eigenvalue weighted by atomic mass is 16.2. The molecule has 84 valence electrons. The molecule has 3 nitrogen and oxygen atoms in total. The molecule has 0 radical (unpaired) electrons. The minimum atomic E-state index is 0.189. The smallest absolute Gasteiger partial charge is 0.223 e. The van der Waals surface area contributed by atoms with E-state index in [1.807, 2.05) is 0 Å². The van der Waals surface area contributed by atoms with Crippen LogP contribution in [0.1, 0.15) is 33.6 Å². The minimum absolute atomic E-state index is 0.189. The quantitative estimate of drug-likeness (QED) is 0.704. The van der Waals surface area contributed by atoms with Crippen LogP contribution < -0.4 is 5.32 Å². The third-order valence-electron chi connectivity index (χ3n) is 2.49. The summed E-state index contributed by atoms with van der Waals surface area (Å²) in [5, 5.41) is 3.37. The molecule has 0 heterocycles. The van der Waals surface area contributed by atoms with Crippen molar-refractivity contribution in [3.8, 4) is 0 Å². The topological polar surface area (TPSA) is 32.3 Å². The van der Waals surface area contributed by atoms with Gasteiger partial charge in [-0.05, 0) is 19.4 Å². The summed E-state index contributed by atoms with van der Waals surface area (Å²) in [6, 6.07) is 0.277. The first kappa shape index (κ1) is 13.4. The Balaban J connectivity index is 3.65. The fraction of sp³-hybridized carbons (Fsp3) is 0.909. The first-order valence-corrected chi connectivity index (χ1v) is 5.40. The largest absolute Gasteiger partial charge is 0.349 e. The molecule has 0 aliphatic rings. The summed E-state index contributed by atoms with van der Waals surface area (Å²) in [5.41, 5.74) is 0. The van der Waals surface area contributed by atoms with E-state index in [-0.39, 0.29) is 11.9 Å².